The van der Waals surface area contributed by atoms with Crippen LogP contribution in [0, 0.1) is 11.7 Å². The van der Waals surface area contributed by atoms with Gasteiger partial charge in [-0.25, -0.2) is 8.91 Å². The molecule has 0 radical (unpaired) electrons. The van der Waals surface area contributed by atoms with Gasteiger partial charge in [-0.15, -0.1) is 5.10 Å². The first kappa shape index (κ1) is 9.57. The van der Waals surface area contributed by atoms with E-state index in [4.69, 9.17) is 0 Å². The van der Waals surface area contributed by atoms with Gasteiger partial charge < -0.3 is 5.32 Å². The lowest BCUT2D eigenvalue weighted by Gasteiger charge is -1.97. The summed E-state index contributed by atoms with van der Waals surface area (Å²) in [6.07, 6.45) is 3.69. The molecule has 1 N–H and O–H groups in total. The highest BCUT2D eigenvalue weighted by atomic mass is 19.1. The number of hydrogen-bond donors (Lipinski definition) is 1. The van der Waals surface area contributed by atoms with E-state index in [1.807, 2.05) is 0 Å². The number of nitrogens with zero attached hydrogens (tertiary/aromatic N) is 3. The molecule has 1 aliphatic carbocycles. The summed E-state index contributed by atoms with van der Waals surface area (Å²) in [6.45, 7) is 2.18. The third-order valence-electron chi connectivity index (χ3n) is 3.06. The van der Waals surface area contributed by atoms with Crippen LogP contribution in [-0.4, -0.2) is 20.6 Å². The quantitative estimate of drug-likeness (QED) is 0.861. The van der Waals surface area contributed by atoms with Crippen molar-refractivity contribution in [2.45, 2.75) is 25.8 Å². The fraction of sp³-hybridized carbons (Fsp3) is 0.455. The molecule has 0 bridgehead atoms. The molecule has 2 atom stereocenters. The number of nitrogens with one attached hydrogen (secondary N) is 1. The second-order valence-corrected chi connectivity index (χ2v) is 4.24. The minimum absolute atomic E-state index is 0.304. The summed E-state index contributed by atoms with van der Waals surface area (Å²) < 4.78 is 14.4. The number of rotatable bonds is 3. The molecule has 0 aromatic carbocycles. The number of hydrogen-bond acceptors (Lipinski definition) is 3. The van der Waals surface area contributed by atoms with Gasteiger partial charge in [-0.2, -0.15) is 4.98 Å². The van der Waals surface area contributed by atoms with E-state index in [1.54, 1.807) is 6.07 Å². The van der Waals surface area contributed by atoms with Crippen LogP contribution in [0.1, 0.15) is 19.8 Å². The van der Waals surface area contributed by atoms with Crippen LogP contribution in [0.3, 0.4) is 0 Å². The first-order valence-electron chi connectivity index (χ1n) is 5.54. The van der Waals surface area contributed by atoms with Crippen molar-refractivity contribution in [3.05, 3.63) is 24.1 Å². The van der Waals surface area contributed by atoms with Gasteiger partial charge in [0.2, 0.25) is 5.95 Å². The van der Waals surface area contributed by atoms with Crippen molar-refractivity contribution in [2.75, 3.05) is 5.32 Å². The van der Waals surface area contributed by atoms with Crippen LogP contribution >= 0.6 is 0 Å². The fourth-order valence-electron chi connectivity index (χ4n) is 1.96. The smallest absolute Gasteiger partial charge is 0.243 e. The predicted octanol–water partition coefficient (Wildman–Crippen LogP) is 2.08. The zero-order valence-electron chi connectivity index (χ0n) is 9.02. The molecule has 1 saturated carbocycles. The van der Waals surface area contributed by atoms with Crippen LogP contribution in [0.15, 0.2) is 18.3 Å². The summed E-state index contributed by atoms with van der Waals surface area (Å²) in [6, 6.07) is 3.50. The summed E-state index contributed by atoms with van der Waals surface area (Å²) in [5, 5.41) is 7.44. The molecule has 2 heterocycles. The van der Waals surface area contributed by atoms with Crippen molar-refractivity contribution >= 4 is 11.6 Å². The van der Waals surface area contributed by atoms with E-state index in [9.17, 15) is 4.39 Å². The van der Waals surface area contributed by atoms with E-state index in [0.29, 0.717) is 17.6 Å². The van der Waals surface area contributed by atoms with Crippen molar-refractivity contribution in [1.29, 1.82) is 0 Å². The molecular formula is C11H13FN4. The Balaban J connectivity index is 1.83. The molecule has 3 rings (SSSR count). The van der Waals surface area contributed by atoms with E-state index < -0.39 is 0 Å². The van der Waals surface area contributed by atoms with E-state index >= 15 is 0 Å². The zero-order chi connectivity index (χ0) is 11.1. The predicted molar refractivity (Wildman–Crippen MR) is 58.8 cm³/mol. The van der Waals surface area contributed by atoms with Crippen molar-refractivity contribution in [3.8, 4) is 0 Å². The zero-order valence-corrected chi connectivity index (χ0v) is 9.02. The standard InChI is InChI=1S/C11H13FN4/c1-2-7-5-9(7)13-11-14-10-4-3-8(12)6-16(10)15-11/h3-4,6-7,9H,2,5H2,1H3,(H,13,15). The molecule has 84 valence electrons. The average Bonchev–Trinajstić information content (AvgIpc) is 2.88. The molecule has 0 aliphatic heterocycles. The Labute approximate surface area is 92.5 Å². The van der Waals surface area contributed by atoms with Crippen LogP contribution in [0.25, 0.3) is 5.65 Å². The Morgan fingerprint density at radius 1 is 1.56 bits per heavy atom. The first-order valence-corrected chi connectivity index (χ1v) is 5.54. The molecule has 0 spiro atoms. The van der Waals surface area contributed by atoms with Gasteiger partial charge in [0, 0.05) is 6.04 Å². The molecule has 5 heteroatoms. The molecular weight excluding hydrogens is 207 g/mol. The Hall–Kier alpha value is -1.65. The maximum absolute atomic E-state index is 12.9. The van der Waals surface area contributed by atoms with Crippen molar-refractivity contribution in [3.63, 3.8) is 0 Å². The summed E-state index contributed by atoms with van der Waals surface area (Å²) in [5.74, 6) is 1.02. The highest BCUT2D eigenvalue weighted by Gasteiger charge is 2.35. The summed E-state index contributed by atoms with van der Waals surface area (Å²) >= 11 is 0. The first-order chi connectivity index (χ1) is 7.76. The second kappa shape index (κ2) is 3.43. The summed E-state index contributed by atoms with van der Waals surface area (Å²) in [7, 11) is 0. The molecule has 0 saturated heterocycles. The summed E-state index contributed by atoms with van der Waals surface area (Å²) in [4.78, 5) is 4.28. The largest absolute Gasteiger partial charge is 0.350 e. The SMILES string of the molecule is CCC1CC1Nc1nc2ccc(F)cn2n1. The van der Waals surface area contributed by atoms with Crippen molar-refractivity contribution in [1.82, 2.24) is 14.6 Å². The van der Waals surface area contributed by atoms with Gasteiger partial charge >= 0.3 is 0 Å². The topological polar surface area (TPSA) is 42.2 Å². The number of fused-ring (bicyclic) bond motifs is 1. The van der Waals surface area contributed by atoms with Gasteiger partial charge in [0.1, 0.15) is 5.82 Å². The Bertz CT molecular complexity index is 522. The monoisotopic (exact) mass is 220 g/mol. The number of pyridine rings is 1. The molecule has 16 heavy (non-hydrogen) atoms. The van der Waals surface area contributed by atoms with Crippen LogP contribution in [-0.2, 0) is 0 Å². The van der Waals surface area contributed by atoms with Gasteiger partial charge in [0.15, 0.2) is 5.65 Å². The fourth-order valence-corrected chi connectivity index (χ4v) is 1.96. The van der Waals surface area contributed by atoms with Gasteiger partial charge in [-0.05, 0) is 24.5 Å². The molecule has 4 nitrogen and oxygen atoms in total. The number of aromatic nitrogens is 3. The third kappa shape index (κ3) is 1.62. The molecule has 1 aliphatic rings. The average molecular weight is 220 g/mol. The normalized spacial score (nSPS) is 23.6. The minimum atomic E-state index is -0.304. The van der Waals surface area contributed by atoms with Crippen molar-refractivity contribution in [2.24, 2.45) is 5.92 Å². The molecule has 2 aromatic rings. The van der Waals surface area contributed by atoms with Gasteiger partial charge in [0.25, 0.3) is 0 Å². The van der Waals surface area contributed by atoms with Gasteiger partial charge in [-0.3, -0.25) is 0 Å². The van der Waals surface area contributed by atoms with Crippen LogP contribution in [0.5, 0.6) is 0 Å². The van der Waals surface area contributed by atoms with Crippen molar-refractivity contribution < 1.29 is 4.39 Å². The lowest BCUT2D eigenvalue weighted by Crippen LogP contribution is -2.05. The van der Waals surface area contributed by atoms with Crippen LogP contribution < -0.4 is 5.32 Å². The third-order valence-corrected chi connectivity index (χ3v) is 3.06. The molecule has 0 amide bonds. The maximum atomic E-state index is 12.9. The van der Waals surface area contributed by atoms with Crippen LogP contribution in [0.2, 0.25) is 0 Å². The van der Waals surface area contributed by atoms with Gasteiger partial charge in [-0.1, -0.05) is 13.3 Å². The van der Waals surface area contributed by atoms with E-state index in [0.717, 1.165) is 5.92 Å². The van der Waals surface area contributed by atoms with E-state index in [-0.39, 0.29) is 5.82 Å². The molecule has 2 aromatic heterocycles. The van der Waals surface area contributed by atoms with Crippen LogP contribution in [0.4, 0.5) is 10.3 Å². The van der Waals surface area contributed by atoms with E-state index in [1.165, 1.54) is 29.6 Å². The lowest BCUT2D eigenvalue weighted by molar-refractivity contribution is 0.614. The second-order valence-electron chi connectivity index (χ2n) is 4.24. The molecule has 2 unspecified atom stereocenters. The summed E-state index contributed by atoms with van der Waals surface area (Å²) in [5.41, 5.74) is 0.664. The maximum Gasteiger partial charge on any atom is 0.243 e. The Morgan fingerprint density at radius 2 is 2.44 bits per heavy atom. The Morgan fingerprint density at radius 3 is 3.19 bits per heavy atom. The lowest BCUT2D eigenvalue weighted by atomic mass is 10.3. The minimum Gasteiger partial charge on any atom is -0.350 e. The van der Waals surface area contributed by atoms with Gasteiger partial charge in [0.05, 0.1) is 6.20 Å². The number of halogens is 1. The Kier molecular flexibility index (Phi) is 2.05. The molecule has 1 fully saturated rings. The highest BCUT2D eigenvalue weighted by Crippen LogP contribution is 2.35. The highest BCUT2D eigenvalue weighted by molar-refractivity contribution is 5.44. The number of anilines is 1. The van der Waals surface area contributed by atoms with E-state index in [2.05, 4.69) is 22.3 Å².